The van der Waals surface area contributed by atoms with E-state index < -0.39 is 5.91 Å². The number of rotatable bonds is 3. The van der Waals surface area contributed by atoms with E-state index in [1.54, 1.807) is 6.07 Å². The van der Waals surface area contributed by atoms with Gasteiger partial charge >= 0.3 is 0 Å². The summed E-state index contributed by atoms with van der Waals surface area (Å²) in [7, 11) is 0. The fourth-order valence-corrected chi connectivity index (χ4v) is 3.15. The lowest BCUT2D eigenvalue weighted by Crippen LogP contribution is -2.11. The molecule has 4 N–H and O–H groups in total. The Bertz CT molecular complexity index is 794. The van der Waals surface area contributed by atoms with Gasteiger partial charge in [0.2, 0.25) is 0 Å². The van der Waals surface area contributed by atoms with Crippen molar-refractivity contribution in [2.75, 3.05) is 5.73 Å². The van der Waals surface area contributed by atoms with E-state index in [0.717, 1.165) is 21.6 Å². The summed E-state index contributed by atoms with van der Waals surface area (Å²) in [6.07, 6.45) is 0. The first kappa shape index (κ1) is 13.4. The highest BCUT2D eigenvalue weighted by molar-refractivity contribution is 7.19. The van der Waals surface area contributed by atoms with Gasteiger partial charge in [0.1, 0.15) is 0 Å². The summed E-state index contributed by atoms with van der Waals surface area (Å²) in [4.78, 5) is 12.2. The third kappa shape index (κ3) is 2.66. The first-order chi connectivity index (χ1) is 10.1. The van der Waals surface area contributed by atoms with Crippen LogP contribution in [0.1, 0.15) is 10.4 Å². The van der Waals surface area contributed by atoms with Crippen LogP contribution in [0.15, 0.2) is 60.7 Å². The van der Waals surface area contributed by atoms with E-state index >= 15 is 0 Å². The van der Waals surface area contributed by atoms with Crippen molar-refractivity contribution in [2.24, 2.45) is 5.73 Å². The summed E-state index contributed by atoms with van der Waals surface area (Å²) in [5.74, 6) is -0.491. The first-order valence-electron chi connectivity index (χ1n) is 6.50. The van der Waals surface area contributed by atoms with E-state index in [9.17, 15) is 4.79 Å². The quantitative estimate of drug-likeness (QED) is 0.772. The molecule has 3 rings (SSSR count). The van der Waals surface area contributed by atoms with Crippen LogP contribution in [0.3, 0.4) is 0 Å². The lowest BCUT2D eigenvalue weighted by molar-refractivity contribution is 0.100. The number of anilines is 1. The van der Waals surface area contributed by atoms with Crippen LogP contribution in [0, 0.1) is 0 Å². The smallest absolute Gasteiger partial charge is 0.251 e. The van der Waals surface area contributed by atoms with E-state index in [1.165, 1.54) is 11.3 Å². The summed E-state index contributed by atoms with van der Waals surface area (Å²) in [6, 6.07) is 20.1. The topological polar surface area (TPSA) is 69.1 Å². The molecular formula is C17H14N2OS. The largest absolute Gasteiger partial charge is 0.390 e. The molecule has 4 heteroatoms. The minimum atomic E-state index is -0.491. The van der Waals surface area contributed by atoms with Crippen molar-refractivity contribution < 1.29 is 4.79 Å². The number of hydrogen-bond donors (Lipinski definition) is 2. The number of nitrogens with two attached hydrogens (primary N) is 2. The third-order valence-electron chi connectivity index (χ3n) is 3.28. The third-order valence-corrected chi connectivity index (χ3v) is 4.29. The number of carbonyl (C=O) groups excluding carboxylic acids is 1. The molecular weight excluding hydrogens is 280 g/mol. The Hall–Kier alpha value is -2.59. The highest BCUT2D eigenvalue weighted by Gasteiger charge is 2.12. The van der Waals surface area contributed by atoms with Crippen molar-refractivity contribution in [3.8, 4) is 21.6 Å². The molecule has 0 radical (unpaired) electrons. The molecule has 0 saturated heterocycles. The molecule has 0 spiro atoms. The van der Waals surface area contributed by atoms with Gasteiger partial charge < -0.3 is 11.5 Å². The molecule has 3 aromatic rings. The van der Waals surface area contributed by atoms with Gasteiger partial charge in [0, 0.05) is 4.88 Å². The van der Waals surface area contributed by atoms with Gasteiger partial charge in [0.05, 0.1) is 10.6 Å². The molecule has 3 nitrogen and oxygen atoms in total. The molecule has 21 heavy (non-hydrogen) atoms. The zero-order valence-corrected chi connectivity index (χ0v) is 12.1. The fourth-order valence-electron chi connectivity index (χ4n) is 2.22. The van der Waals surface area contributed by atoms with E-state index in [1.807, 2.05) is 30.3 Å². The van der Waals surface area contributed by atoms with Crippen molar-refractivity contribution >= 4 is 22.2 Å². The Labute approximate surface area is 126 Å². The lowest BCUT2D eigenvalue weighted by atomic mass is 10.0. The molecule has 0 aliphatic carbocycles. The van der Waals surface area contributed by atoms with Gasteiger partial charge in [-0.25, -0.2) is 0 Å². The Balaban J connectivity index is 2.04. The molecule has 1 heterocycles. The van der Waals surface area contributed by atoms with Gasteiger partial charge in [-0.05, 0) is 28.8 Å². The summed E-state index contributed by atoms with van der Waals surface area (Å²) in [6.45, 7) is 0. The molecule has 0 fully saturated rings. The second-order valence-corrected chi connectivity index (χ2v) is 5.78. The van der Waals surface area contributed by atoms with Crippen LogP contribution < -0.4 is 11.5 Å². The Morgan fingerprint density at radius 3 is 2.19 bits per heavy atom. The number of amides is 1. The monoisotopic (exact) mass is 294 g/mol. The minimum absolute atomic E-state index is 0.389. The van der Waals surface area contributed by atoms with Crippen molar-refractivity contribution in [3.05, 3.63) is 66.2 Å². The molecule has 0 atom stereocenters. The SMILES string of the molecule is NC(=O)c1cc(-c2cccc(-c3ccccc3)c2)sc1N. The number of carbonyl (C=O) groups is 1. The number of hydrogen-bond acceptors (Lipinski definition) is 3. The first-order valence-corrected chi connectivity index (χ1v) is 7.32. The van der Waals surface area contributed by atoms with Crippen LogP contribution in [-0.2, 0) is 0 Å². The van der Waals surface area contributed by atoms with Gasteiger partial charge in [0.25, 0.3) is 5.91 Å². The maximum atomic E-state index is 11.3. The normalized spacial score (nSPS) is 10.5. The zero-order chi connectivity index (χ0) is 14.8. The summed E-state index contributed by atoms with van der Waals surface area (Å²) in [5.41, 5.74) is 14.9. The summed E-state index contributed by atoms with van der Waals surface area (Å²) in [5, 5.41) is 0.461. The van der Waals surface area contributed by atoms with E-state index in [0.29, 0.717) is 10.6 Å². The second-order valence-electron chi connectivity index (χ2n) is 4.70. The van der Waals surface area contributed by atoms with E-state index in [2.05, 4.69) is 24.3 Å². The van der Waals surface area contributed by atoms with Crippen molar-refractivity contribution in [1.29, 1.82) is 0 Å². The molecule has 0 unspecified atom stereocenters. The number of nitrogen functional groups attached to an aromatic ring is 1. The van der Waals surface area contributed by atoms with Gasteiger partial charge in [-0.2, -0.15) is 0 Å². The van der Waals surface area contributed by atoms with Crippen molar-refractivity contribution in [1.82, 2.24) is 0 Å². The molecule has 1 aromatic heterocycles. The van der Waals surface area contributed by atoms with E-state index in [-0.39, 0.29) is 0 Å². The molecule has 0 bridgehead atoms. The maximum Gasteiger partial charge on any atom is 0.251 e. The van der Waals surface area contributed by atoms with Crippen LogP contribution in [0.5, 0.6) is 0 Å². The van der Waals surface area contributed by atoms with E-state index in [4.69, 9.17) is 11.5 Å². The van der Waals surface area contributed by atoms with Crippen LogP contribution in [0.2, 0.25) is 0 Å². The lowest BCUT2D eigenvalue weighted by Gasteiger charge is -2.04. The van der Waals surface area contributed by atoms with Crippen molar-refractivity contribution in [2.45, 2.75) is 0 Å². The second kappa shape index (κ2) is 5.42. The predicted molar refractivity (Wildman–Crippen MR) is 88.1 cm³/mol. The Kier molecular flexibility index (Phi) is 3.46. The highest BCUT2D eigenvalue weighted by atomic mass is 32.1. The van der Waals surface area contributed by atoms with Crippen LogP contribution >= 0.6 is 11.3 Å². The number of primary amides is 1. The van der Waals surface area contributed by atoms with Crippen molar-refractivity contribution in [3.63, 3.8) is 0 Å². The van der Waals surface area contributed by atoms with Crippen LogP contribution in [0.25, 0.3) is 21.6 Å². The van der Waals surface area contributed by atoms with Gasteiger partial charge in [-0.1, -0.05) is 48.5 Å². The molecule has 1 amide bonds. The van der Waals surface area contributed by atoms with Gasteiger partial charge in [0.15, 0.2) is 0 Å². The Morgan fingerprint density at radius 1 is 0.857 bits per heavy atom. The minimum Gasteiger partial charge on any atom is -0.390 e. The van der Waals surface area contributed by atoms with Crippen LogP contribution in [-0.4, -0.2) is 5.91 Å². The van der Waals surface area contributed by atoms with Gasteiger partial charge in [-0.3, -0.25) is 4.79 Å². The Morgan fingerprint density at radius 2 is 1.52 bits per heavy atom. The molecule has 0 aliphatic rings. The molecule has 0 saturated carbocycles. The summed E-state index contributed by atoms with van der Waals surface area (Å²) >= 11 is 1.38. The average molecular weight is 294 g/mol. The molecule has 104 valence electrons. The number of benzene rings is 2. The molecule has 0 aliphatic heterocycles. The maximum absolute atomic E-state index is 11.3. The predicted octanol–water partition coefficient (Wildman–Crippen LogP) is 3.76. The molecule has 2 aromatic carbocycles. The average Bonchev–Trinajstić information content (AvgIpc) is 2.91. The standard InChI is InChI=1S/C17H14N2OS/c18-16(20)14-10-15(21-17(14)19)13-8-4-7-12(9-13)11-5-2-1-3-6-11/h1-10H,19H2,(H2,18,20). The van der Waals surface area contributed by atoms with Gasteiger partial charge in [-0.15, -0.1) is 11.3 Å². The summed E-state index contributed by atoms with van der Waals surface area (Å²) < 4.78 is 0. The number of thiophene rings is 1. The zero-order valence-electron chi connectivity index (χ0n) is 11.2. The highest BCUT2D eigenvalue weighted by Crippen LogP contribution is 2.35. The fraction of sp³-hybridized carbons (Fsp3) is 0. The van der Waals surface area contributed by atoms with Crippen LogP contribution in [0.4, 0.5) is 5.00 Å².